The second-order valence-electron chi connectivity index (χ2n) is 4.13. The molecule has 0 radical (unpaired) electrons. The van der Waals surface area contributed by atoms with Crippen LogP contribution in [0.1, 0.15) is 12.0 Å². The highest BCUT2D eigenvalue weighted by Crippen LogP contribution is 2.32. The molecule has 82 valence electrons. The first kappa shape index (κ1) is 10.4. The van der Waals surface area contributed by atoms with Crippen molar-refractivity contribution in [1.29, 1.82) is 0 Å². The normalized spacial score (nSPS) is 19.4. The lowest BCUT2D eigenvalue weighted by atomic mass is 10.1. The largest absolute Gasteiger partial charge is 0.371 e. The molecule has 1 unspecified atom stereocenters. The molecule has 15 heavy (non-hydrogen) atoms. The molecule has 0 bridgehead atoms. The van der Waals surface area contributed by atoms with Crippen molar-refractivity contribution >= 4 is 5.69 Å². The topological polar surface area (TPSA) is 15.3 Å². The number of hydrogen-bond donors (Lipinski definition) is 1. The first-order valence-corrected chi connectivity index (χ1v) is 5.38. The molecular formula is C12H17FN2. The molecule has 1 aliphatic rings. The minimum Gasteiger partial charge on any atom is -0.371 e. The molecule has 0 amide bonds. The smallest absolute Gasteiger partial charge is 0.123 e. The monoisotopic (exact) mass is 208 g/mol. The molecular weight excluding hydrogens is 191 g/mol. The fraction of sp³-hybridized carbons (Fsp3) is 0.500. The van der Waals surface area contributed by atoms with E-state index in [9.17, 15) is 4.39 Å². The Morgan fingerprint density at radius 2 is 2.33 bits per heavy atom. The maximum atomic E-state index is 13.0. The van der Waals surface area contributed by atoms with Crippen molar-refractivity contribution in [3.8, 4) is 0 Å². The van der Waals surface area contributed by atoms with Gasteiger partial charge in [-0.3, -0.25) is 0 Å². The van der Waals surface area contributed by atoms with Crippen LogP contribution < -0.4 is 10.2 Å². The van der Waals surface area contributed by atoms with Gasteiger partial charge in [0.25, 0.3) is 0 Å². The molecule has 1 aromatic carbocycles. The summed E-state index contributed by atoms with van der Waals surface area (Å²) in [5.74, 6) is -0.128. The number of rotatable bonds is 3. The molecule has 1 atom stereocenters. The van der Waals surface area contributed by atoms with Crippen LogP contribution in [0.2, 0.25) is 0 Å². The lowest BCUT2D eigenvalue weighted by molar-refractivity contribution is 0.583. The molecule has 1 N–H and O–H groups in total. The molecule has 3 heteroatoms. The number of fused-ring (bicyclic) bond motifs is 1. The molecule has 0 saturated heterocycles. The number of likely N-dealkylation sites (N-methyl/N-ethyl adjacent to an activating group) is 1. The molecule has 0 spiro atoms. The van der Waals surface area contributed by atoms with Gasteiger partial charge in [0.2, 0.25) is 0 Å². The van der Waals surface area contributed by atoms with E-state index < -0.39 is 0 Å². The van der Waals surface area contributed by atoms with Gasteiger partial charge in [-0.2, -0.15) is 0 Å². The maximum absolute atomic E-state index is 13.0. The van der Waals surface area contributed by atoms with E-state index in [1.165, 1.54) is 11.8 Å². The Labute approximate surface area is 90.1 Å². The van der Waals surface area contributed by atoms with E-state index in [1.54, 1.807) is 6.07 Å². The van der Waals surface area contributed by atoms with Crippen LogP contribution in [0, 0.1) is 5.82 Å². The van der Waals surface area contributed by atoms with Gasteiger partial charge < -0.3 is 10.2 Å². The average Bonchev–Trinajstić information content (AvgIpc) is 2.52. The summed E-state index contributed by atoms with van der Waals surface area (Å²) in [6, 6.07) is 5.58. The van der Waals surface area contributed by atoms with Crippen molar-refractivity contribution in [1.82, 2.24) is 5.32 Å². The van der Waals surface area contributed by atoms with Gasteiger partial charge in [0.1, 0.15) is 5.82 Å². The van der Waals surface area contributed by atoms with Crippen LogP contribution in [0.25, 0.3) is 0 Å². The van der Waals surface area contributed by atoms with E-state index in [0.29, 0.717) is 6.04 Å². The summed E-state index contributed by atoms with van der Waals surface area (Å²) >= 11 is 0. The number of anilines is 1. The van der Waals surface area contributed by atoms with Crippen molar-refractivity contribution in [2.24, 2.45) is 0 Å². The first-order valence-electron chi connectivity index (χ1n) is 5.38. The van der Waals surface area contributed by atoms with Gasteiger partial charge in [-0.25, -0.2) is 4.39 Å². The van der Waals surface area contributed by atoms with Crippen LogP contribution in [0.5, 0.6) is 0 Å². The SMILES string of the molecule is CNCCC1Cc2cc(F)ccc2N1C. The molecule has 0 fully saturated rings. The molecule has 1 heterocycles. The Kier molecular flexibility index (Phi) is 2.91. The number of hydrogen-bond acceptors (Lipinski definition) is 2. The zero-order chi connectivity index (χ0) is 10.8. The summed E-state index contributed by atoms with van der Waals surface area (Å²) in [7, 11) is 4.05. The van der Waals surface area contributed by atoms with E-state index in [2.05, 4.69) is 17.3 Å². The van der Waals surface area contributed by atoms with Crippen LogP contribution in [-0.4, -0.2) is 26.7 Å². The quantitative estimate of drug-likeness (QED) is 0.814. The maximum Gasteiger partial charge on any atom is 0.123 e. The third-order valence-corrected chi connectivity index (χ3v) is 3.15. The van der Waals surface area contributed by atoms with E-state index in [-0.39, 0.29) is 5.82 Å². The van der Waals surface area contributed by atoms with E-state index >= 15 is 0 Å². The fourth-order valence-electron chi connectivity index (χ4n) is 2.26. The summed E-state index contributed by atoms with van der Waals surface area (Å²) in [6.07, 6.45) is 2.06. The Morgan fingerprint density at radius 1 is 1.53 bits per heavy atom. The standard InChI is InChI=1S/C12H17FN2/c1-14-6-5-11-8-9-7-10(13)3-4-12(9)15(11)2/h3-4,7,11,14H,5-6,8H2,1-2H3. The van der Waals surface area contributed by atoms with Crippen molar-refractivity contribution in [2.45, 2.75) is 18.9 Å². The summed E-state index contributed by atoms with van der Waals surface area (Å²) in [4.78, 5) is 2.26. The minimum absolute atomic E-state index is 0.128. The summed E-state index contributed by atoms with van der Waals surface area (Å²) in [6.45, 7) is 1.01. The first-order chi connectivity index (χ1) is 7.22. The molecule has 2 rings (SSSR count). The van der Waals surface area contributed by atoms with Gasteiger partial charge >= 0.3 is 0 Å². The van der Waals surface area contributed by atoms with Crippen molar-refractivity contribution in [3.63, 3.8) is 0 Å². The van der Waals surface area contributed by atoms with Crippen LogP contribution >= 0.6 is 0 Å². The van der Waals surface area contributed by atoms with E-state index in [0.717, 1.165) is 24.9 Å². The highest BCUT2D eigenvalue weighted by atomic mass is 19.1. The second kappa shape index (κ2) is 4.19. The van der Waals surface area contributed by atoms with E-state index in [4.69, 9.17) is 0 Å². The van der Waals surface area contributed by atoms with Gasteiger partial charge in [0.05, 0.1) is 0 Å². The summed E-state index contributed by atoms with van der Waals surface area (Å²) in [5.41, 5.74) is 2.32. The van der Waals surface area contributed by atoms with Gasteiger partial charge in [-0.15, -0.1) is 0 Å². The molecule has 2 nitrogen and oxygen atoms in total. The van der Waals surface area contributed by atoms with E-state index in [1.807, 2.05) is 13.1 Å². The lowest BCUT2D eigenvalue weighted by Gasteiger charge is -2.22. The van der Waals surface area contributed by atoms with Crippen molar-refractivity contribution in [2.75, 3.05) is 25.5 Å². The van der Waals surface area contributed by atoms with Crippen LogP contribution in [-0.2, 0) is 6.42 Å². The van der Waals surface area contributed by atoms with Gasteiger partial charge in [0, 0.05) is 18.8 Å². The summed E-state index contributed by atoms with van der Waals surface area (Å²) in [5, 5.41) is 3.15. The molecule has 0 saturated carbocycles. The van der Waals surface area contributed by atoms with Crippen molar-refractivity contribution in [3.05, 3.63) is 29.6 Å². The highest BCUT2D eigenvalue weighted by Gasteiger charge is 2.25. The second-order valence-corrected chi connectivity index (χ2v) is 4.13. The van der Waals surface area contributed by atoms with Gasteiger partial charge in [0.15, 0.2) is 0 Å². The predicted molar refractivity (Wildman–Crippen MR) is 60.8 cm³/mol. The number of halogens is 1. The molecule has 0 aromatic heterocycles. The zero-order valence-electron chi connectivity index (χ0n) is 9.26. The van der Waals surface area contributed by atoms with Crippen LogP contribution in [0.15, 0.2) is 18.2 Å². The fourth-order valence-corrected chi connectivity index (χ4v) is 2.26. The third-order valence-electron chi connectivity index (χ3n) is 3.15. The zero-order valence-corrected chi connectivity index (χ0v) is 9.26. The molecule has 1 aliphatic heterocycles. The van der Waals surface area contributed by atoms with Crippen LogP contribution in [0.4, 0.5) is 10.1 Å². The minimum atomic E-state index is -0.128. The third kappa shape index (κ3) is 1.97. The average molecular weight is 208 g/mol. The number of benzene rings is 1. The molecule has 1 aromatic rings. The Hall–Kier alpha value is -1.09. The highest BCUT2D eigenvalue weighted by molar-refractivity contribution is 5.58. The van der Waals surface area contributed by atoms with Gasteiger partial charge in [-0.05, 0) is 50.2 Å². The molecule has 0 aliphatic carbocycles. The van der Waals surface area contributed by atoms with Crippen LogP contribution in [0.3, 0.4) is 0 Å². The summed E-state index contributed by atoms with van der Waals surface area (Å²) < 4.78 is 13.0. The number of nitrogens with one attached hydrogen (secondary N) is 1. The Balaban J connectivity index is 2.14. The Bertz CT molecular complexity index is 351. The number of nitrogens with zero attached hydrogens (tertiary/aromatic N) is 1. The Morgan fingerprint density at radius 3 is 3.07 bits per heavy atom. The van der Waals surface area contributed by atoms with Crippen molar-refractivity contribution < 1.29 is 4.39 Å². The lowest BCUT2D eigenvalue weighted by Crippen LogP contribution is -2.30. The predicted octanol–water partition coefficient (Wildman–Crippen LogP) is 1.80. The van der Waals surface area contributed by atoms with Gasteiger partial charge in [-0.1, -0.05) is 0 Å².